The van der Waals surface area contributed by atoms with Crippen molar-refractivity contribution in [1.29, 1.82) is 0 Å². The van der Waals surface area contributed by atoms with E-state index in [2.05, 4.69) is 15.5 Å². The van der Waals surface area contributed by atoms with Crippen molar-refractivity contribution in [1.82, 2.24) is 10.2 Å². The maximum atomic E-state index is 12.2. The normalized spacial score (nSPS) is 14.4. The second-order valence-corrected chi connectivity index (χ2v) is 6.34. The van der Waals surface area contributed by atoms with Gasteiger partial charge >= 0.3 is 0 Å². The molecule has 1 aliphatic carbocycles. The Labute approximate surface area is 126 Å². The Morgan fingerprint density at radius 1 is 1.20 bits per heavy atom. The average Bonchev–Trinajstić information content (AvgIpc) is 2.73. The second kappa shape index (κ2) is 5.89. The zero-order valence-electron chi connectivity index (χ0n) is 10.9. The lowest BCUT2D eigenvalue weighted by Crippen LogP contribution is -2.11. The van der Waals surface area contributed by atoms with E-state index in [0.29, 0.717) is 11.0 Å². The Kier molecular flexibility index (Phi) is 3.98. The number of nitrogens with zero attached hydrogens (tertiary/aromatic N) is 2. The van der Waals surface area contributed by atoms with Crippen molar-refractivity contribution in [3.05, 3.63) is 38.7 Å². The van der Waals surface area contributed by atoms with Crippen LogP contribution in [0.4, 0.5) is 5.82 Å². The van der Waals surface area contributed by atoms with Crippen LogP contribution in [0.5, 0.6) is 0 Å². The monoisotopic (exact) mass is 307 g/mol. The molecule has 104 valence electrons. The van der Waals surface area contributed by atoms with Crippen LogP contribution in [0.2, 0.25) is 5.15 Å². The molecule has 0 spiro atoms. The molecule has 0 aliphatic heterocycles. The number of amides is 1. The maximum Gasteiger partial charge on any atom is 0.266 e. The molecule has 1 aliphatic rings. The van der Waals surface area contributed by atoms with Gasteiger partial charge in [0, 0.05) is 4.88 Å². The summed E-state index contributed by atoms with van der Waals surface area (Å²) in [5, 5.41) is 10.6. The number of carbonyl (C=O) groups is 1. The summed E-state index contributed by atoms with van der Waals surface area (Å²) in [7, 11) is 0. The number of thiophene rings is 1. The van der Waals surface area contributed by atoms with Crippen molar-refractivity contribution in [3.8, 4) is 0 Å². The van der Waals surface area contributed by atoms with Gasteiger partial charge < -0.3 is 5.32 Å². The van der Waals surface area contributed by atoms with Gasteiger partial charge in [-0.1, -0.05) is 18.0 Å². The van der Waals surface area contributed by atoms with E-state index in [0.717, 1.165) is 17.7 Å². The van der Waals surface area contributed by atoms with E-state index >= 15 is 0 Å². The predicted molar refractivity (Wildman–Crippen MR) is 80.6 cm³/mol. The Bertz CT molecular complexity index is 600. The molecule has 0 aromatic carbocycles. The highest BCUT2D eigenvalue weighted by molar-refractivity contribution is 7.14. The topological polar surface area (TPSA) is 54.9 Å². The highest BCUT2D eigenvalue weighted by atomic mass is 35.5. The first-order valence-corrected chi connectivity index (χ1v) is 7.84. The van der Waals surface area contributed by atoms with Crippen molar-refractivity contribution in [3.63, 3.8) is 0 Å². The number of nitrogens with one attached hydrogen (secondary N) is 1. The predicted octanol–water partition coefficient (Wildman–Crippen LogP) is 3.71. The molecule has 6 heteroatoms. The number of carbonyl (C=O) groups excluding carboxylic acids is 1. The lowest BCUT2D eigenvalue weighted by atomic mass is 10.1. The van der Waals surface area contributed by atoms with Crippen LogP contribution in [0.15, 0.2) is 18.2 Å². The first kappa shape index (κ1) is 13.5. The second-order valence-electron chi connectivity index (χ2n) is 4.82. The van der Waals surface area contributed by atoms with Gasteiger partial charge in [0.05, 0.1) is 4.88 Å². The van der Waals surface area contributed by atoms with Crippen molar-refractivity contribution < 1.29 is 4.79 Å². The summed E-state index contributed by atoms with van der Waals surface area (Å²) >= 11 is 7.26. The van der Waals surface area contributed by atoms with Gasteiger partial charge in [0.1, 0.15) is 0 Å². The molecule has 0 unspecified atom stereocenters. The third-order valence-electron chi connectivity index (χ3n) is 3.34. The fraction of sp³-hybridized carbons (Fsp3) is 0.357. The minimum Gasteiger partial charge on any atom is -0.304 e. The number of fused-ring (bicyclic) bond motifs is 1. The fourth-order valence-electron chi connectivity index (χ4n) is 2.34. The van der Waals surface area contributed by atoms with E-state index in [4.69, 9.17) is 11.6 Å². The number of rotatable bonds is 2. The maximum absolute atomic E-state index is 12.2. The summed E-state index contributed by atoms with van der Waals surface area (Å²) in [6.45, 7) is 0. The number of aromatic nitrogens is 2. The van der Waals surface area contributed by atoms with E-state index in [1.54, 1.807) is 23.5 Å². The third-order valence-corrected chi connectivity index (χ3v) is 4.78. The van der Waals surface area contributed by atoms with Gasteiger partial charge in [-0.05, 0) is 49.4 Å². The highest BCUT2D eigenvalue weighted by Gasteiger charge is 2.16. The quantitative estimate of drug-likeness (QED) is 0.860. The van der Waals surface area contributed by atoms with Crippen molar-refractivity contribution in [2.45, 2.75) is 32.1 Å². The summed E-state index contributed by atoms with van der Waals surface area (Å²) in [5.41, 5.74) is 1.33. The van der Waals surface area contributed by atoms with Crippen LogP contribution < -0.4 is 5.32 Å². The van der Waals surface area contributed by atoms with E-state index in [9.17, 15) is 4.79 Å². The van der Waals surface area contributed by atoms with Crippen LogP contribution in [0.1, 0.15) is 39.4 Å². The standard InChI is InChI=1S/C14H14ClN3OS/c15-12-6-7-13(18-17-12)16-14(19)11-8-9-4-2-1-3-5-10(9)20-11/h6-8H,1-5H2,(H,16,18,19). The molecule has 2 aromatic heterocycles. The molecule has 0 atom stereocenters. The van der Waals surface area contributed by atoms with Gasteiger partial charge in [0.15, 0.2) is 11.0 Å². The van der Waals surface area contributed by atoms with Crippen LogP contribution in [0.25, 0.3) is 0 Å². The van der Waals surface area contributed by atoms with Crippen LogP contribution in [-0.4, -0.2) is 16.1 Å². The molecule has 0 saturated heterocycles. The molecule has 3 rings (SSSR count). The van der Waals surface area contributed by atoms with Crippen LogP contribution in [0, 0.1) is 0 Å². The smallest absolute Gasteiger partial charge is 0.266 e. The van der Waals surface area contributed by atoms with Crippen LogP contribution >= 0.6 is 22.9 Å². The summed E-state index contributed by atoms with van der Waals surface area (Å²) in [6.07, 6.45) is 5.89. The van der Waals surface area contributed by atoms with Gasteiger partial charge in [-0.25, -0.2) is 0 Å². The summed E-state index contributed by atoms with van der Waals surface area (Å²) in [5.74, 6) is 0.294. The third kappa shape index (κ3) is 2.99. The average molecular weight is 308 g/mol. The van der Waals surface area contributed by atoms with E-state index < -0.39 is 0 Å². The molecule has 20 heavy (non-hydrogen) atoms. The van der Waals surface area contributed by atoms with Gasteiger partial charge in [-0.2, -0.15) is 0 Å². The zero-order valence-corrected chi connectivity index (χ0v) is 12.4. The summed E-state index contributed by atoms with van der Waals surface area (Å²) in [6, 6.07) is 5.27. The Hall–Kier alpha value is -1.46. The van der Waals surface area contributed by atoms with Crippen LogP contribution in [0.3, 0.4) is 0 Å². The number of halogens is 1. The number of hydrogen-bond donors (Lipinski definition) is 1. The molecule has 2 heterocycles. The SMILES string of the molecule is O=C(Nc1ccc(Cl)nn1)c1cc2c(s1)CCCCC2. The van der Waals surface area contributed by atoms with E-state index in [-0.39, 0.29) is 5.91 Å². The molecule has 0 fully saturated rings. The first-order chi connectivity index (χ1) is 9.72. The van der Waals surface area contributed by atoms with E-state index in [1.807, 2.05) is 6.07 Å². The molecular weight excluding hydrogens is 294 g/mol. The Morgan fingerprint density at radius 3 is 2.85 bits per heavy atom. The molecule has 1 amide bonds. The minimum atomic E-state index is -0.125. The molecule has 1 N–H and O–H groups in total. The van der Waals surface area contributed by atoms with E-state index in [1.165, 1.54) is 29.7 Å². The lowest BCUT2D eigenvalue weighted by molar-refractivity contribution is 0.103. The highest BCUT2D eigenvalue weighted by Crippen LogP contribution is 2.29. The molecular formula is C14H14ClN3OS. The molecule has 0 bridgehead atoms. The molecule has 2 aromatic rings. The minimum absolute atomic E-state index is 0.125. The largest absolute Gasteiger partial charge is 0.304 e. The zero-order chi connectivity index (χ0) is 13.9. The molecule has 0 saturated carbocycles. The number of anilines is 1. The number of hydrogen-bond acceptors (Lipinski definition) is 4. The van der Waals surface area contributed by atoms with Gasteiger partial charge in [0.2, 0.25) is 0 Å². The van der Waals surface area contributed by atoms with Gasteiger partial charge in [0.25, 0.3) is 5.91 Å². The summed E-state index contributed by atoms with van der Waals surface area (Å²) < 4.78 is 0. The Balaban J connectivity index is 1.75. The van der Waals surface area contributed by atoms with Crippen molar-refractivity contribution in [2.75, 3.05) is 5.32 Å². The summed E-state index contributed by atoms with van der Waals surface area (Å²) in [4.78, 5) is 14.3. The Morgan fingerprint density at radius 2 is 2.05 bits per heavy atom. The molecule has 4 nitrogen and oxygen atoms in total. The lowest BCUT2D eigenvalue weighted by Gasteiger charge is -2.01. The number of aryl methyl sites for hydroxylation is 2. The van der Waals surface area contributed by atoms with Gasteiger partial charge in [-0.15, -0.1) is 21.5 Å². The van der Waals surface area contributed by atoms with Crippen LogP contribution in [-0.2, 0) is 12.8 Å². The van der Waals surface area contributed by atoms with Crippen molar-refractivity contribution >= 4 is 34.7 Å². The van der Waals surface area contributed by atoms with Crippen molar-refractivity contribution in [2.24, 2.45) is 0 Å². The van der Waals surface area contributed by atoms with Gasteiger partial charge in [-0.3, -0.25) is 4.79 Å². The molecule has 0 radical (unpaired) electrons. The fourth-order valence-corrected chi connectivity index (χ4v) is 3.59. The first-order valence-electron chi connectivity index (χ1n) is 6.64.